The number of amides is 3. The molecule has 0 unspecified atom stereocenters. The van der Waals surface area contributed by atoms with Gasteiger partial charge in [0.1, 0.15) is 20.2 Å². The molecule has 0 fully saturated rings. The van der Waals surface area contributed by atoms with Crippen LogP contribution < -0.4 is 10.2 Å². The molecule has 172 valence electrons. The van der Waals surface area contributed by atoms with E-state index in [1.807, 2.05) is 0 Å². The molecule has 0 aliphatic carbocycles. The molecular weight excluding hydrogens is 476 g/mol. The first-order chi connectivity index (χ1) is 15.3. The van der Waals surface area contributed by atoms with E-state index >= 15 is 0 Å². The Kier molecular flexibility index (Phi) is 6.33. The fourth-order valence-corrected chi connectivity index (χ4v) is 4.61. The summed E-state index contributed by atoms with van der Waals surface area (Å²) in [5.41, 5.74) is -0.800. The van der Waals surface area contributed by atoms with Crippen molar-refractivity contribution in [3.63, 3.8) is 0 Å². The first kappa shape index (κ1) is 24.0. The van der Waals surface area contributed by atoms with E-state index in [-0.39, 0.29) is 22.5 Å². The number of carbonyl (C=O) groups is 3. The smallest absolute Gasteiger partial charge is 0.258 e. The largest absolute Gasteiger partial charge is 0.744 e. The van der Waals surface area contributed by atoms with Crippen molar-refractivity contribution in [1.82, 2.24) is 0 Å². The van der Waals surface area contributed by atoms with Gasteiger partial charge in [0.25, 0.3) is 11.8 Å². The zero-order valence-electron chi connectivity index (χ0n) is 16.7. The summed E-state index contributed by atoms with van der Waals surface area (Å²) in [6.45, 7) is 1.11. The lowest BCUT2D eigenvalue weighted by molar-refractivity contribution is -0.120. The summed E-state index contributed by atoms with van der Waals surface area (Å²) in [5.74, 6) is -2.08. The van der Waals surface area contributed by atoms with Gasteiger partial charge in [-0.1, -0.05) is 30.4 Å². The normalized spacial score (nSPS) is 14.3. The maximum atomic E-state index is 11.8. The third kappa shape index (κ3) is 5.23. The Labute approximate surface area is 188 Å². The number of nitrogens with one attached hydrogen (secondary N) is 1. The average Bonchev–Trinajstić information content (AvgIpc) is 3.02. The number of benzene rings is 2. The molecule has 2 aromatic rings. The molecule has 0 atom stereocenters. The monoisotopic (exact) mass is 490 g/mol. The van der Waals surface area contributed by atoms with Crippen molar-refractivity contribution in [1.29, 1.82) is 0 Å². The quantitative estimate of drug-likeness (QED) is 0.351. The minimum absolute atomic E-state index is 0.156. The van der Waals surface area contributed by atoms with Crippen molar-refractivity contribution in [3.05, 3.63) is 59.7 Å². The number of imide groups is 1. The fourth-order valence-electron chi connectivity index (χ4n) is 3.10. The molecule has 2 aromatic carbocycles. The number of carbonyl (C=O) groups excluding carboxylic acids is 3. The van der Waals surface area contributed by atoms with E-state index in [4.69, 9.17) is 0 Å². The van der Waals surface area contributed by atoms with E-state index in [0.717, 1.165) is 43.4 Å². The van der Waals surface area contributed by atoms with Gasteiger partial charge in [0, 0.05) is 19.1 Å². The summed E-state index contributed by atoms with van der Waals surface area (Å²) < 4.78 is 70.8. The Hall–Kier alpha value is -3.65. The van der Waals surface area contributed by atoms with Gasteiger partial charge < -0.3 is 14.4 Å². The van der Waals surface area contributed by atoms with Crippen LogP contribution in [0.25, 0.3) is 12.2 Å². The van der Waals surface area contributed by atoms with Crippen molar-refractivity contribution in [2.75, 3.05) is 10.2 Å². The second kappa shape index (κ2) is 8.71. The zero-order valence-corrected chi connectivity index (χ0v) is 18.3. The van der Waals surface area contributed by atoms with Crippen LogP contribution in [0.15, 0.2) is 58.3 Å². The minimum atomic E-state index is -5.10. The van der Waals surface area contributed by atoms with Crippen LogP contribution >= 0.6 is 0 Å². The SMILES string of the molecule is CC(=O)Nc1cccc(/C=C/c2ccc(N3C(=O)C=CC3=O)cc2S(=O)(=O)[O-])c1S(=O)(=O)[O-]. The molecule has 11 nitrogen and oxygen atoms in total. The van der Waals surface area contributed by atoms with Gasteiger partial charge in [0.05, 0.1) is 21.2 Å². The van der Waals surface area contributed by atoms with Crippen molar-refractivity contribution < 1.29 is 40.3 Å². The van der Waals surface area contributed by atoms with Crippen molar-refractivity contribution in [2.24, 2.45) is 0 Å². The van der Waals surface area contributed by atoms with E-state index < -0.39 is 47.7 Å². The number of anilines is 2. The van der Waals surface area contributed by atoms with Gasteiger partial charge in [0.15, 0.2) is 0 Å². The Bertz CT molecular complexity index is 1440. The Balaban J connectivity index is 2.12. The van der Waals surface area contributed by atoms with Gasteiger partial charge >= 0.3 is 0 Å². The van der Waals surface area contributed by atoms with E-state index in [9.17, 15) is 40.3 Å². The molecule has 3 rings (SSSR count). The van der Waals surface area contributed by atoms with Gasteiger partial charge in [-0.05, 0) is 29.3 Å². The van der Waals surface area contributed by atoms with Crippen LogP contribution in [0.4, 0.5) is 11.4 Å². The molecule has 0 radical (unpaired) electrons. The first-order valence-electron chi connectivity index (χ1n) is 8.99. The number of rotatable bonds is 6. The molecule has 0 bridgehead atoms. The van der Waals surface area contributed by atoms with E-state index in [0.29, 0.717) is 4.90 Å². The van der Waals surface area contributed by atoms with Crippen LogP contribution in [0.5, 0.6) is 0 Å². The summed E-state index contributed by atoms with van der Waals surface area (Å²) in [7, 11) is -10.2. The standard InChI is InChI=1S/C20H16N2O9S2/c1-12(23)21-16-4-2-3-14(20(16)33(29,30)31)6-5-13-7-8-15(11-17(13)32(26,27)28)22-18(24)9-10-19(22)25/h2-11H,1H3,(H,21,23)(H,26,27,28)(H,29,30,31)/p-2/b6-5+. The summed E-state index contributed by atoms with van der Waals surface area (Å²) in [5, 5.41) is 2.23. The third-order valence-electron chi connectivity index (χ3n) is 4.38. The van der Waals surface area contributed by atoms with Gasteiger partial charge in [-0.3, -0.25) is 14.4 Å². The molecule has 1 N–H and O–H groups in total. The van der Waals surface area contributed by atoms with Crippen LogP contribution in [-0.2, 0) is 34.6 Å². The molecule has 3 amide bonds. The lowest BCUT2D eigenvalue weighted by Crippen LogP contribution is -2.29. The minimum Gasteiger partial charge on any atom is -0.744 e. The molecular formula is C20H14N2O9S2-2. The highest BCUT2D eigenvalue weighted by Gasteiger charge is 2.26. The molecule has 1 heterocycles. The second-order valence-electron chi connectivity index (χ2n) is 6.71. The number of hydrogen-bond acceptors (Lipinski definition) is 9. The van der Waals surface area contributed by atoms with Gasteiger partial charge in [-0.2, -0.15) is 0 Å². The van der Waals surface area contributed by atoms with Crippen LogP contribution in [0.3, 0.4) is 0 Å². The first-order valence-corrected chi connectivity index (χ1v) is 11.8. The highest BCUT2D eigenvalue weighted by molar-refractivity contribution is 7.86. The molecule has 13 heteroatoms. The zero-order chi connectivity index (χ0) is 24.6. The predicted molar refractivity (Wildman–Crippen MR) is 114 cm³/mol. The molecule has 0 spiro atoms. The Morgan fingerprint density at radius 2 is 1.52 bits per heavy atom. The van der Waals surface area contributed by atoms with Crippen molar-refractivity contribution in [3.8, 4) is 0 Å². The van der Waals surface area contributed by atoms with Gasteiger partial charge in [0.2, 0.25) is 5.91 Å². The van der Waals surface area contributed by atoms with Crippen LogP contribution in [0.2, 0.25) is 0 Å². The van der Waals surface area contributed by atoms with E-state index in [2.05, 4.69) is 5.32 Å². The average molecular weight is 490 g/mol. The summed E-state index contributed by atoms with van der Waals surface area (Å²) in [6, 6.07) is 6.98. The predicted octanol–water partition coefficient (Wildman–Crippen LogP) is 1.05. The summed E-state index contributed by atoms with van der Waals surface area (Å²) >= 11 is 0. The molecule has 1 aliphatic heterocycles. The lowest BCUT2D eigenvalue weighted by atomic mass is 10.1. The van der Waals surface area contributed by atoms with Crippen LogP contribution in [0.1, 0.15) is 18.1 Å². The van der Waals surface area contributed by atoms with E-state index in [1.165, 1.54) is 24.3 Å². The Morgan fingerprint density at radius 1 is 0.909 bits per heavy atom. The van der Waals surface area contributed by atoms with Gasteiger partial charge in [-0.15, -0.1) is 0 Å². The van der Waals surface area contributed by atoms with Crippen molar-refractivity contribution >= 4 is 61.5 Å². The molecule has 33 heavy (non-hydrogen) atoms. The maximum Gasteiger partial charge on any atom is 0.258 e. The lowest BCUT2D eigenvalue weighted by Gasteiger charge is -2.18. The van der Waals surface area contributed by atoms with Crippen LogP contribution in [0, 0.1) is 0 Å². The summed E-state index contributed by atoms with van der Waals surface area (Å²) in [6.07, 6.45) is 4.11. The molecule has 0 aromatic heterocycles. The number of hydrogen-bond donors (Lipinski definition) is 1. The highest BCUT2D eigenvalue weighted by atomic mass is 32.2. The van der Waals surface area contributed by atoms with Gasteiger partial charge in [-0.25, -0.2) is 21.7 Å². The second-order valence-corrected chi connectivity index (χ2v) is 9.38. The molecule has 0 saturated carbocycles. The summed E-state index contributed by atoms with van der Waals surface area (Å²) in [4.78, 5) is 34.2. The number of nitrogens with zero attached hydrogens (tertiary/aromatic N) is 1. The third-order valence-corrected chi connectivity index (χ3v) is 6.23. The maximum absolute atomic E-state index is 11.8. The van der Waals surface area contributed by atoms with Crippen LogP contribution in [-0.4, -0.2) is 43.7 Å². The van der Waals surface area contributed by atoms with Crippen molar-refractivity contribution in [2.45, 2.75) is 16.7 Å². The molecule has 1 aliphatic rings. The highest BCUT2D eigenvalue weighted by Crippen LogP contribution is 2.30. The fraction of sp³-hybridized carbons (Fsp3) is 0.0500. The van der Waals surface area contributed by atoms with E-state index in [1.54, 1.807) is 0 Å². The topological polar surface area (TPSA) is 181 Å². The Morgan fingerprint density at radius 3 is 2.06 bits per heavy atom. The molecule has 0 saturated heterocycles.